The second-order valence-corrected chi connectivity index (χ2v) is 10.0. The Morgan fingerprint density at radius 2 is 1.83 bits per heavy atom. The summed E-state index contributed by atoms with van der Waals surface area (Å²) in [6.07, 6.45) is 6.64. The van der Waals surface area contributed by atoms with Gasteiger partial charge in [0, 0.05) is 43.7 Å². The summed E-state index contributed by atoms with van der Waals surface area (Å²) in [5.74, 6) is 2.65. The topological polar surface area (TPSA) is 87.9 Å². The van der Waals surface area contributed by atoms with E-state index in [1.54, 1.807) is 11.6 Å². The van der Waals surface area contributed by atoms with Gasteiger partial charge in [-0.1, -0.05) is 6.42 Å². The second-order valence-electron chi connectivity index (χ2n) is 10.0. The number of benzene rings is 1. The molecular weight excluding hydrogens is 454 g/mol. The minimum Gasteiger partial charge on any atom is -0.497 e. The van der Waals surface area contributed by atoms with Crippen LogP contribution in [-0.2, 0) is 4.79 Å². The Morgan fingerprint density at radius 1 is 1.03 bits per heavy atom. The molecule has 2 aliphatic rings. The van der Waals surface area contributed by atoms with Gasteiger partial charge >= 0.3 is 0 Å². The first-order valence-electron chi connectivity index (χ1n) is 13.3. The van der Waals surface area contributed by atoms with Crippen molar-refractivity contribution in [2.45, 2.75) is 51.5 Å². The van der Waals surface area contributed by atoms with Crippen molar-refractivity contribution < 1.29 is 9.53 Å². The van der Waals surface area contributed by atoms with Crippen molar-refractivity contribution in [3.8, 4) is 17.1 Å². The molecule has 2 aliphatic heterocycles. The van der Waals surface area contributed by atoms with Crippen LogP contribution in [0.4, 0.5) is 5.82 Å². The smallest absolute Gasteiger partial charge is 0.223 e. The van der Waals surface area contributed by atoms with E-state index >= 15 is 0 Å². The summed E-state index contributed by atoms with van der Waals surface area (Å²) in [7, 11) is 1.65. The number of anilines is 1. The summed E-state index contributed by atoms with van der Waals surface area (Å²) in [5, 5.41) is 16.6. The highest BCUT2D eigenvalue weighted by atomic mass is 16.5. The molecule has 0 spiro atoms. The van der Waals surface area contributed by atoms with Gasteiger partial charge in [0.2, 0.25) is 5.91 Å². The fourth-order valence-electron chi connectivity index (χ4n) is 5.37. The van der Waals surface area contributed by atoms with Crippen LogP contribution in [0.1, 0.15) is 45.4 Å². The van der Waals surface area contributed by atoms with Crippen LogP contribution in [0.2, 0.25) is 0 Å². The first-order chi connectivity index (χ1) is 17.6. The maximum Gasteiger partial charge on any atom is 0.223 e. The Labute approximate surface area is 212 Å². The molecule has 2 fully saturated rings. The summed E-state index contributed by atoms with van der Waals surface area (Å²) in [4.78, 5) is 17.6. The highest BCUT2D eigenvalue weighted by Crippen LogP contribution is 2.25. The lowest BCUT2D eigenvalue weighted by atomic mass is 9.96. The average molecular weight is 492 g/mol. The molecule has 1 atom stereocenters. The molecule has 36 heavy (non-hydrogen) atoms. The number of methoxy groups -OCH3 is 1. The van der Waals surface area contributed by atoms with E-state index in [-0.39, 0.29) is 11.8 Å². The van der Waals surface area contributed by atoms with Crippen LogP contribution in [0.15, 0.2) is 36.4 Å². The van der Waals surface area contributed by atoms with Crippen molar-refractivity contribution in [2.24, 2.45) is 5.92 Å². The predicted octanol–water partition coefficient (Wildman–Crippen LogP) is 3.40. The molecule has 1 amide bonds. The lowest BCUT2D eigenvalue weighted by molar-refractivity contribution is -0.125. The molecule has 3 aromatic rings. The fourth-order valence-corrected chi connectivity index (χ4v) is 5.37. The third kappa shape index (κ3) is 5.46. The normalized spacial score (nSPS) is 19.5. The molecule has 0 saturated carbocycles. The Bertz CT molecular complexity index is 1150. The van der Waals surface area contributed by atoms with Crippen LogP contribution in [-0.4, -0.2) is 76.5 Å². The molecule has 2 saturated heterocycles. The number of piperidine rings is 2. The molecular formula is C27H37N7O2. The van der Waals surface area contributed by atoms with Crippen LogP contribution in [0.25, 0.3) is 17.0 Å². The van der Waals surface area contributed by atoms with Crippen LogP contribution < -0.4 is 15.0 Å². The zero-order chi connectivity index (χ0) is 24.9. The molecule has 0 bridgehead atoms. The van der Waals surface area contributed by atoms with E-state index in [1.807, 2.05) is 36.4 Å². The van der Waals surface area contributed by atoms with Gasteiger partial charge in [-0.25, -0.2) is 0 Å². The van der Waals surface area contributed by atoms with Gasteiger partial charge in [-0.2, -0.15) is 4.52 Å². The number of aromatic nitrogens is 4. The van der Waals surface area contributed by atoms with E-state index in [0.717, 1.165) is 62.6 Å². The number of hydrogen-bond acceptors (Lipinski definition) is 7. The molecule has 0 radical (unpaired) electrons. The lowest BCUT2D eigenvalue weighted by Crippen LogP contribution is -2.42. The molecule has 9 nitrogen and oxygen atoms in total. The molecule has 0 aliphatic carbocycles. The van der Waals surface area contributed by atoms with Crippen LogP contribution in [0.3, 0.4) is 0 Å². The van der Waals surface area contributed by atoms with E-state index in [0.29, 0.717) is 17.5 Å². The zero-order valence-corrected chi connectivity index (χ0v) is 21.4. The van der Waals surface area contributed by atoms with Gasteiger partial charge < -0.3 is 19.9 Å². The number of amides is 1. The van der Waals surface area contributed by atoms with Gasteiger partial charge in [-0.05, 0) is 82.0 Å². The predicted molar refractivity (Wildman–Crippen MR) is 140 cm³/mol. The van der Waals surface area contributed by atoms with Gasteiger partial charge in [0.15, 0.2) is 11.5 Å². The summed E-state index contributed by atoms with van der Waals surface area (Å²) >= 11 is 0. The highest BCUT2D eigenvalue weighted by molar-refractivity contribution is 5.79. The first kappa shape index (κ1) is 24.5. The van der Waals surface area contributed by atoms with Gasteiger partial charge in [0.05, 0.1) is 7.11 Å². The van der Waals surface area contributed by atoms with E-state index in [1.165, 1.54) is 25.8 Å². The van der Waals surface area contributed by atoms with Crippen LogP contribution in [0.5, 0.6) is 5.75 Å². The second kappa shape index (κ2) is 11.2. The number of rotatable bonds is 8. The third-order valence-corrected chi connectivity index (χ3v) is 7.65. The maximum absolute atomic E-state index is 12.8. The van der Waals surface area contributed by atoms with Gasteiger partial charge in [-0.3, -0.25) is 4.79 Å². The molecule has 0 unspecified atom stereocenters. The molecule has 4 heterocycles. The number of nitrogens with zero attached hydrogens (tertiary/aromatic N) is 6. The minimum absolute atomic E-state index is 0.0728. The highest BCUT2D eigenvalue weighted by Gasteiger charge is 2.26. The Hall–Kier alpha value is -3.20. The molecule has 9 heteroatoms. The number of carbonyl (C=O) groups is 1. The number of nitrogens with one attached hydrogen (secondary N) is 1. The van der Waals surface area contributed by atoms with E-state index in [2.05, 4.69) is 32.2 Å². The largest absolute Gasteiger partial charge is 0.497 e. The van der Waals surface area contributed by atoms with E-state index in [4.69, 9.17) is 9.84 Å². The van der Waals surface area contributed by atoms with Crippen molar-refractivity contribution in [3.05, 3.63) is 36.4 Å². The Balaban J connectivity index is 1.14. The SMILES string of the molecule is COc1ccc(-c2nnc3ccc(N4CCC(C(=O)NCCCN5CCCC[C@H]5C)CC4)nn23)cc1. The number of likely N-dealkylation sites (tertiary alicyclic amines) is 1. The molecule has 5 rings (SSSR count). The van der Waals surface area contributed by atoms with Crippen molar-refractivity contribution >= 4 is 17.4 Å². The summed E-state index contributed by atoms with van der Waals surface area (Å²) in [6.45, 7) is 6.98. The summed E-state index contributed by atoms with van der Waals surface area (Å²) in [6, 6.07) is 12.3. The Kier molecular flexibility index (Phi) is 7.65. The summed E-state index contributed by atoms with van der Waals surface area (Å²) < 4.78 is 7.05. The zero-order valence-electron chi connectivity index (χ0n) is 21.4. The van der Waals surface area contributed by atoms with Crippen molar-refractivity contribution in [1.29, 1.82) is 0 Å². The number of ether oxygens (including phenoxy) is 1. The van der Waals surface area contributed by atoms with Crippen molar-refractivity contribution in [3.63, 3.8) is 0 Å². The summed E-state index contributed by atoms with van der Waals surface area (Å²) in [5.41, 5.74) is 1.64. The molecule has 2 aromatic heterocycles. The standard InChI is InChI=1S/C27H37N7O2/c1-20-6-3-4-16-32(20)17-5-15-28-27(35)22-13-18-33(19-14-22)25-12-11-24-29-30-26(34(24)31-25)21-7-9-23(36-2)10-8-21/h7-12,20,22H,3-6,13-19H2,1-2H3,(H,28,35)/t20-/m1/s1. The van der Waals surface area contributed by atoms with Crippen molar-refractivity contribution in [2.75, 3.05) is 44.7 Å². The molecule has 192 valence electrons. The van der Waals surface area contributed by atoms with Gasteiger partial charge in [0.1, 0.15) is 11.6 Å². The third-order valence-electron chi connectivity index (χ3n) is 7.65. The lowest BCUT2D eigenvalue weighted by Gasteiger charge is -2.33. The first-order valence-corrected chi connectivity index (χ1v) is 13.3. The molecule has 1 N–H and O–H groups in total. The van der Waals surface area contributed by atoms with Gasteiger partial charge in [-0.15, -0.1) is 15.3 Å². The number of hydrogen-bond donors (Lipinski definition) is 1. The quantitative estimate of drug-likeness (QED) is 0.483. The van der Waals surface area contributed by atoms with Crippen LogP contribution in [0, 0.1) is 5.92 Å². The minimum atomic E-state index is 0.0728. The van der Waals surface area contributed by atoms with Crippen molar-refractivity contribution in [1.82, 2.24) is 30.0 Å². The Morgan fingerprint density at radius 3 is 2.58 bits per heavy atom. The van der Waals surface area contributed by atoms with Crippen LogP contribution >= 0.6 is 0 Å². The fraction of sp³-hybridized carbons (Fsp3) is 0.556. The van der Waals surface area contributed by atoms with E-state index < -0.39 is 0 Å². The average Bonchev–Trinajstić information content (AvgIpc) is 3.35. The monoisotopic (exact) mass is 491 g/mol. The van der Waals surface area contributed by atoms with E-state index in [9.17, 15) is 4.79 Å². The maximum atomic E-state index is 12.8. The number of carbonyl (C=O) groups excluding carboxylic acids is 1. The van der Waals surface area contributed by atoms with Gasteiger partial charge in [0.25, 0.3) is 0 Å². The number of fused-ring (bicyclic) bond motifs is 1. The molecule has 1 aromatic carbocycles.